The third-order valence-electron chi connectivity index (χ3n) is 4.28. The van der Waals surface area contributed by atoms with Gasteiger partial charge in [0.1, 0.15) is 5.82 Å². The van der Waals surface area contributed by atoms with Crippen molar-refractivity contribution in [2.45, 2.75) is 46.0 Å². The summed E-state index contributed by atoms with van der Waals surface area (Å²) in [6.45, 7) is 7.69. The molecule has 2 rings (SSSR count). The summed E-state index contributed by atoms with van der Waals surface area (Å²) in [4.78, 5) is 0. The van der Waals surface area contributed by atoms with Gasteiger partial charge >= 0.3 is 0 Å². The zero-order valence-corrected chi connectivity index (χ0v) is 12.4. The molecular formula is C15H20ClFO2. The summed E-state index contributed by atoms with van der Waals surface area (Å²) in [6, 6.07) is 2.90. The summed E-state index contributed by atoms with van der Waals surface area (Å²) >= 11 is 6.07. The average Bonchev–Trinajstić information content (AvgIpc) is 2.57. The van der Waals surface area contributed by atoms with Crippen LogP contribution in [-0.4, -0.2) is 17.3 Å². The minimum absolute atomic E-state index is 0.0302. The Bertz CT molecular complexity index is 477. The minimum Gasteiger partial charge on any atom is -0.388 e. The normalized spacial score (nSPS) is 32.6. The van der Waals surface area contributed by atoms with E-state index < -0.39 is 6.10 Å². The largest absolute Gasteiger partial charge is 0.388 e. The summed E-state index contributed by atoms with van der Waals surface area (Å²) in [5.74, 6) is -0.151. The maximum absolute atomic E-state index is 13.4. The first-order valence-corrected chi connectivity index (χ1v) is 6.99. The predicted octanol–water partition coefficient (Wildman–Crippen LogP) is 3.88. The number of rotatable bonds is 2. The Labute approximate surface area is 118 Å². The Balaban J connectivity index is 2.34. The van der Waals surface area contributed by atoms with Crippen molar-refractivity contribution in [3.05, 3.63) is 34.1 Å². The van der Waals surface area contributed by atoms with E-state index >= 15 is 0 Å². The zero-order chi connectivity index (χ0) is 14.3. The first kappa shape index (κ1) is 14.8. The van der Waals surface area contributed by atoms with Crippen LogP contribution in [0, 0.1) is 24.6 Å². The number of hydrogen-bond acceptors (Lipinski definition) is 2. The molecule has 1 saturated heterocycles. The Hall–Kier alpha value is -0.640. The second-order valence-electron chi connectivity index (χ2n) is 5.55. The maximum atomic E-state index is 13.4. The van der Waals surface area contributed by atoms with Gasteiger partial charge in [-0.3, -0.25) is 0 Å². The topological polar surface area (TPSA) is 29.5 Å². The van der Waals surface area contributed by atoms with E-state index in [9.17, 15) is 9.50 Å². The highest BCUT2D eigenvalue weighted by molar-refractivity contribution is 6.31. The Morgan fingerprint density at radius 3 is 2.42 bits per heavy atom. The minimum atomic E-state index is -0.734. The number of aliphatic hydroxyl groups excluding tert-OH is 1. The first-order valence-electron chi connectivity index (χ1n) is 6.62. The van der Waals surface area contributed by atoms with Crippen LogP contribution >= 0.6 is 11.6 Å². The predicted molar refractivity (Wildman–Crippen MR) is 73.8 cm³/mol. The van der Waals surface area contributed by atoms with Crippen LogP contribution in [0.4, 0.5) is 4.39 Å². The molecule has 0 bridgehead atoms. The highest BCUT2D eigenvalue weighted by Crippen LogP contribution is 2.42. The smallest absolute Gasteiger partial charge is 0.127 e. The van der Waals surface area contributed by atoms with Crippen molar-refractivity contribution in [2.75, 3.05) is 0 Å². The summed E-state index contributed by atoms with van der Waals surface area (Å²) in [7, 11) is 0. The molecule has 1 aromatic carbocycles. The quantitative estimate of drug-likeness (QED) is 0.894. The number of aliphatic hydroxyl groups is 1. The third-order valence-corrected chi connectivity index (χ3v) is 4.61. The fourth-order valence-corrected chi connectivity index (χ4v) is 3.21. The van der Waals surface area contributed by atoms with Crippen molar-refractivity contribution in [1.29, 1.82) is 0 Å². The van der Waals surface area contributed by atoms with Crippen LogP contribution in [0.25, 0.3) is 0 Å². The molecule has 0 radical (unpaired) electrons. The first-order chi connectivity index (χ1) is 8.82. The number of aryl methyl sites for hydroxylation is 1. The Morgan fingerprint density at radius 2 is 1.89 bits per heavy atom. The number of benzene rings is 1. The van der Waals surface area contributed by atoms with Crippen molar-refractivity contribution in [3.63, 3.8) is 0 Å². The Morgan fingerprint density at radius 1 is 1.26 bits per heavy atom. The van der Waals surface area contributed by atoms with E-state index in [4.69, 9.17) is 16.3 Å². The van der Waals surface area contributed by atoms with E-state index in [1.165, 1.54) is 6.07 Å². The van der Waals surface area contributed by atoms with Gasteiger partial charge in [0.05, 0.1) is 18.3 Å². The molecular weight excluding hydrogens is 267 g/mol. The lowest BCUT2D eigenvalue weighted by atomic mass is 9.82. The van der Waals surface area contributed by atoms with Gasteiger partial charge in [-0.25, -0.2) is 4.39 Å². The van der Waals surface area contributed by atoms with Crippen LogP contribution in [0.2, 0.25) is 5.02 Å². The maximum Gasteiger partial charge on any atom is 0.127 e. The fraction of sp³-hybridized carbons (Fsp3) is 0.600. The molecule has 0 spiro atoms. The van der Waals surface area contributed by atoms with Gasteiger partial charge in [0.15, 0.2) is 0 Å². The molecule has 2 nitrogen and oxygen atoms in total. The highest BCUT2D eigenvalue weighted by Gasteiger charge is 2.42. The van der Waals surface area contributed by atoms with Crippen LogP contribution in [0.15, 0.2) is 12.1 Å². The number of hydrogen-bond donors (Lipinski definition) is 1. The molecule has 1 N–H and O–H groups in total. The van der Waals surface area contributed by atoms with Gasteiger partial charge in [-0.2, -0.15) is 0 Å². The molecule has 0 amide bonds. The van der Waals surface area contributed by atoms with E-state index in [0.717, 1.165) is 0 Å². The molecule has 4 heteroatoms. The van der Waals surface area contributed by atoms with Gasteiger partial charge < -0.3 is 9.84 Å². The lowest BCUT2D eigenvalue weighted by Crippen LogP contribution is -2.25. The molecule has 1 aromatic rings. The molecule has 1 aliphatic rings. The van der Waals surface area contributed by atoms with Crippen LogP contribution < -0.4 is 0 Å². The number of halogens is 2. The molecule has 106 valence electrons. The van der Waals surface area contributed by atoms with E-state index in [-0.39, 0.29) is 34.9 Å². The van der Waals surface area contributed by atoms with Crippen LogP contribution in [0.3, 0.4) is 0 Å². The lowest BCUT2D eigenvalue weighted by Gasteiger charge is -2.26. The molecule has 1 fully saturated rings. The van der Waals surface area contributed by atoms with Gasteiger partial charge in [-0.1, -0.05) is 18.5 Å². The molecule has 5 atom stereocenters. The van der Waals surface area contributed by atoms with Crippen LogP contribution in [-0.2, 0) is 4.74 Å². The van der Waals surface area contributed by atoms with Gasteiger partial charge in [0.25, 0.3) is 0 Å². The number of ether oxygens (including phenoxy) is 1. The van der Waals surface area contributed by atoms with Crippen molar-refractivity contribution in [2.24, 2.45) is 11.8 Å². The van der Waals surface area contributed by atoms with Gasteiger partial charge in [-0.15, -0.1) is 0 Å². The molecule has 1 heterocycles. The monoisotopic (exact) mass is 286 g/mol. The SMILES string of the molecule is Cc1cc(C(O)C2C(C)OC(C)C2C)c(Cl)cc1F. The third kappa shape index (κ3) is 2.64. The molecule has 5 unspecified atom stereocenters. The fourth-order valence-electron chi connectivity index (χ4n) is 2.95. The van der Waals surface area contributed by atoms with Crippen molar-refractivity contribution < 1.29 is 14.2 Å². The van der Waals surface area contributed by atoms with Crippen molar-refractivity contribution >= 4 is 11.6 Å². The van der Waals surface area contributed by atoms with E-state index in [1.807, 2.05) is 13.8 Å². The van der Waals surface area contributed by atoms with Gasteiger partial charge in [0, 0.05) is 10.9 Å². The van der Waals surface area contributed by atoms with Crippen LogP contribution in [0.5, 0.6) is 0 Å². The summed E-state index contributed by atoms with van der Waals surface area (Å²) in [5.41, 5.74) is 1.08. The van der Waals surface area contributed by atoms with Gasteiger partial charge in [-0.05, 0) is 49.9 Å². The average molecular weight is 287 g/mol. The highest BCUT2D eigenvalue weighted by atomic mass is 35.5. The molecule has 0 aliphatic carbocycles. The van der Waals surface area contributed by atoms with E-state index in [1.54, 1.807) is 13.0 Å². The van der Waals surface area contributed by atoms with Crippen molar-refractivity contribution in [1.82, 2.24) is 0 Å². The second kappa shape index (κ2) is 5.39. The Kier molecular flexibility index (Phi) is 4.19. The van der Waals surface area contributed by atoms with E-state index in [2.05, 4.69) is 6.92 Å². The molecule has 0 saturated carbocycles. The molecule has 1 aliphatic heterocycles. The van der Waals surface area contributed by atoms with E-state index in [0.29, 0.717) is 11.1 Å². The molecule has 19 heavy (non-hydrogen) atoms. The summed E-state index contributed by atoms with van der Waals surface area (Å²) < 4.78 is 19.2. The van der Waals surface area contributed by atoms with Gasteiger partial charge in [0.2, 0.25) is 0 Å². The standard InChI is InChI=1S/C15H20ClFO2/c1-7-5-11(12(16)6-13(7)17)15(18)14-8(2)9(3)19-10(14)4/h5-6,8-10,14-15,18H,1-4H3. The van der Waals surface area contributed by atoms with Crippen LogP contribution in [0.1, 0.15) is 38.0 Å². The molecule has 0 aromatic heterocycles. The lowest BCUT2D eigenvalue weighted by molar-refractivity contribution is 0.0231. The summed E-state index contributed by atoms with van der Waals surface area (Å²) in [6.07, 6.45) is -0.668. The second-order valence-corrected chi connectivity index (χ2v) is 5.96. The van der Waals surface area contributed by atoms with Crippen molar-refractivity contribution in [3.8, 4) is 0 Å². The summed E-state index contributed by atoms with van der Waals surface area (Å²) in [5, 5.41) is 10.9. The zero-order valence-electron chi connectivity index (χ0n) is 11.7.